The summed E-state index contributed by atoms with van der Waals surface area (Å²) in [4.78, 5) is 6.15. The van der Waals surface area contributed by atoms with E-state index in [1.54, 1.807) is 0 Å². The SMILES string of the molecule is CCCCCC(=N)c1ccc2[nH]c(=S)[nH]c2c1. The van der Waals surface area contributed by atoms with Gasteiger partial charge in [-0.25, -0.2) is 0 Å². The molecule has 3 nitrogen and oxygen atoms in total. The first-order valence-corrected chi connectivity index (χ1v) is 6.41. The molecule has 0 saturated carbocycles. The minimum atomic E-state index is 0.634. The van der Waals surface area contributed by atoms with E-state index in [9.17, 15) is 0 Å². The summed E-state index contributed by atoms with van der Waals surface area (Å²) < 4.78 is 0.634. The van der Waals surface area contributed by atoms with E-state index in [0.29, 0.717) is 10.5 Å². The van der Waals surface area contributed by atoms with Gasteiger partial charge in [-0.1, -0.05) is 25.8 Å². The van der Waals surface area contributed by atoms with Crippen molar-refractivity contribution in [3.63, 3.8) is 0 Å². The van der Waals surface area contributed by atoms with E-state index < -0.39 is 0 Å². The van der Waals surface area contributed by atoms with Crippen LogP contribution in [0.3, 0.4) is 0 Å². The maximum atomic E-state index is 8.04. The van der Waals surface area contributed by atoms with Crippen molar-refractivity contribution in [3.8, 4) is 0 Å². The number of benzene rings is 1. The van der Waals surface area contributed by atoms with Gasteiger partial charge in [0.15, 0.2) is 4.77 Å². The van der Waals surface area contributed by atoms with Crippen molar-refractivity contribution >= 4 is 29.0 Å². The predicted molar refractivity (Wildman–Crippen MR) is 74.5 cm³/mol. The lowest BCUT2D eigenvalue weighted by Crippen LogP contribution is -1.98. The number of unbranched alkanes of at least 4 members (excludes halogenated alkanes) is 2. The summed E-state index contributed by atoms with van der Waals surface area (Å²) in [5, 5.41) is 8.04. The maximum Gasteiger partial charge on any atom is 0.175 e. The highest BCUT2D eigenvalue weighted by molar-refractivity contribution is 7.71. The molecule has 0 spiro atoms. The third-order valence-electron chi connectivity index (χ3n) is 2.89. The molecule has 17 heavy (non-hydrogen) atoms. The molecule has 4 heteroatoms. The predicted octanol–water partition coefficient (Wildman–Crippen LogP) is 4.17. The number of H-pyrrole nitrogens is 2. The van der Waals surface area contributed by atoms with Gasteiger partial charge >= 0.3 is 0 Å². The molecule has 0 radical (unpaired) electrons. The smallest absolute Gasteiger partial charge is 0.175 e. The highest BCUT2D eigenvalue weighted by atomic mass is 32.1. The second kappa shape index (κ2) is 5.27. The first kappa shape index (κ1) is 12.0. The topological polar surface area (TPSA) is 55.4 Å². The van der Waals surface area contributed by atoms with Crippen LogP contribution in [-0.2, 0) is 0 Å². The fraction of sp³-hybridized carbons (Fsp3) is 0.385. The summed E-state index contributed by atoms with van der Waals surface area (Å²) in [5.41, 5.74) is 3.67. The molecule has 0 saturated heterocycles. The van der Waals surface area contributed by atoms with Crippen molar-refractivity contribution < 1.29 is 0 Å². The Morgan fingerprint density at radius 1 is 1.24 bits per heavy atom. The summed E-state index contributed by atoms with van der Waals surface area (Å²) >= 11 is 5.04. The van der Waals surface area contributed by atoms with Crippen LogP contribution < -0.4 is 0 Å². The third kappa shape index (κ3) is 2.82. The Bertz CT molecular complexity index is 580. The lowest BCUT2D eigenvalue weighted by Gasteiger charge is -2.03. The zero-order chi connectivity index (χ0) is 12.3. The highest BCUT2D eigenvalue weighted by Gasteiger charge is 2.03. The molecular formula is C13H17N3S. The van der Waals surface area contributed by atoms with E-state index in [0.717, 1.165) is 29.4 Å². The number of aromatic amines is 2. The van der Waals surface area contributed by atoms with E-state index in [-0.39, 0.29) is 0 Å². The quantitative estimate of drug-likeness (QED) is 0.414. The van der Waals surface area contributed by atoms with Gasteiger partial charge in [-0.15, -0.1) is 0 Å². The van der Waals surface area contributed by atoms with Crippen LogP contribution in [0.4, 0.5) is 0 Å². The summed E-state index contributed by atoms with van der Waals surface area (Å²) in [5.74, 6) is 0. The molecule has 1 aromatic carbocycles. The van der Waals surface area contributed by atoms with Gasteiger partial charge in [0.2, 0.25) is 0 Å². The van der Waals surface area contributed by atoms with Crippen LogP contribution in [0.2, 0.25) is 0 Å². The third-order valence-corrected chi connectivity index (χ3v) is 3.10. The lowest BCUT2D eigenvalue weighted by atomic mass is 10.0. The molecule has 0 aliphatic carbocycles. The van der Waals surface area contributed by atoms with E-state index in [4.69, 9.17) is 17.6 Å². The maximum absolute atomic E-state index is 8.04. The Labute approximate surface area is 106 Å². The average Bonchev–Trinajstić information content (AvgIpc) is 2.68. The Kier molecular flexibility index (Phi) is 3.74. The van der Waals surface area contributed by atoms with Crippen molar-refractivity contribution in [1.29, 1.82) is 5.41 Å². The molecular weight excluding hydrogens is 230 g/mol. The number of rotatable bonds is 5. The molecule has 0 aliphatic rings. The van der Waals surface area contributed by atoms with Gasteiger partial charge in [-0.3, -0.25) is 0 Å². The summed E-state index contributed by atoms with van der Waals surface area (Å²) in [6, 6.07) is 5.96. The first-order valence-electron chi connectivity index (χ1n) is 6.00. The Morgan fingerprint density at radius 2 is 2.00 bits per heavy atom. The van der Waals surface area contributed by atoms with E-state index in [1.165, 1.54) is 12.8 Å². The molecule has 2 rings (SSSR count). The Morgan fingerprint density at radius 3 is 2.76 bits per heavy atom. The molecule has 0 aliphatic heterocycles. The number of nitrogens with one attached hydrogen (secondary N) is 3. The normalized spacial score (nSPS) is 10.9. The standard InChI is InChI=1S/C13H17N3S/c1-2-3-4-5-10(14)9-6-7-11-12(8-9)16-13(17)15-11/h6-8,14H,2-5H2,1H3,(H2,15,16,17). The van der Waals surface area contributed by atoms with E-state index in [1.807, 2.05) is 18.2 Å². The van der Waals surface area contributed by atoms with Crippen molar-refractivity contribution in [2.75, 3.05) is 0 Å². The van der Waals surface area contributed by atoms with Crippen molar-refractivity contribution in [1.82, 2.24) is 9.97 Å². The number of imidazole rings is 1. The van der Waals surface area contributed by atoms with Gasteiger partial charge in [-0.2, -0.15) is 0 Å². The van der Waals surface area contributed by atoms with Crippen LogP contribution in [0.5, 0.6) is 0 Å². The van der Waals surface area contributed by atoms with E-state index >= 15 is 0 Å². The molecule has 90 valence electrons. The summed E-state index contributed by atoms with van der Waals surface area (Å²) in [6.07, 6.45) is 4.33. The van der Waals surface area contributed by atoms with Crippen LogP contribution in [0, 0.1) is 10.2 Å². The summed E-state index contributed by atoms with van der Waals surface area (Å²) in [6.45, 7) is 2.18. The Balaban J connectivity index is 2.17. The Hall–Kier alpha value is -1.42. The average molecular weight is 247 g/mol. The molecule has 1 aromatic heterocycles. The molecule has 0 fully saturated rings. The van der Waals surface area contributed by atoms with Crippen LogP contribution >= 0.6 is 12.2 Å². The molecule has 2 aromatic rings. The zero-order valence-corrected chi connectivity index (χ0v) is 10.8. The molecule has 0 bridgehead atoms. The van der Waals surface area contributed by atoms with Gasteiger partial charge in [0.05, 0.1) is 11.0 Å². The van der Waals surface area contributed by atoms with Gasteiger partial charge < -0.3 is 15.4 Å². The second-order valence-electron chi connectivity index (χ2n) is 4.28. The molecule has 3 N–H and O–H groups in total. The fourth-order valence-electron chi connectivity index (χ4n) is 1.92. The van der Waals surface area contributed by atoms with Crippen molar-refractivity contribution in [3.05, 3.63) is 28.5 Å². The molecule has 0 amide bonds. The van der Waals surface area contributed by atoms with Crippen LogP contribution in [0.25, 0.3) is 11.0 Å². The van der Waals surface area contributed by atoms with Gasteiger partial charge in [-0.05, 0) is 42.8 Å². The molecule has 1 heterocycles. The monoisotopic (exact) mass is 247 g/mol. The van der Waals surface area contributed by atoms with Crippen LogP contribution in [0.1, 0.15) is 38.2 Å². The van der Waals surface area contributed by atoms with Crippen molar-refractivity contribution in [2.24, 2.45) is 0 Å². The van der Waals surface area contributed by atoms with Crippen molar-refractivity contribution in [2.45, 2.75) is 32.6 Å². The second-order valence-corrected chi connectivity index (χ2v) is 4.68. The number of aromatic nitrogens is 2. The zero-order valence-electron chi connectivity index (χ0n) is 9.97. The highest BCUT2D eigenvalue weighted by Crippen LogP contribution is 2.15. The minimum absolute atomic E-state index is 0.634. The fourth-order valence-corrected chi connectivity index (χ4v) is 2.14. The molecule has 0 atom stereocenters. The number of hydrogen-bond donors (Lipinski definition) is 3. The van der Waals surface area contributed by atoms with Gasteiger partial charge in [0.1, 0.15) is 0 Å². The van der Waals surface area contributed by atoms with Gasteiger partial charge in [0, 0.05) is 5.71 Å². The molecule has 0 unspecified atom stereocenters. The van der Waals surface area contributed by atoms with E-state index in [2.05, 4.69) is 16.9 Å². The van der Waals surface area contributed by atoms with Crippen LogP contribution in [-0.4, -0.2) is 15.7 Å². The largest absolute Gasteiger partial charge is 0.331 e. The van der Waals surface area contributed by atoms with Gasteiger partial charge in [0.25, 0.3) is 0 Å². The lowest BCUT2D eigenvalue weighted by molar-refractivity contribution is 0.741. The first-order chi connectivity index (χ1) is 8.20. The minimum Gasteiger partial charge on any atom is -0.331 e. The summed E-state index contributed by atoms with van der Waals surface area (Å²) in [7, 11) is 0. The van der Waals surface area contributed by atoms with Crippen LogP contribution in [0.15, 0.2) is 18.2 Å². The number of hydrogen-bond acceptors (Lipinski definition) is 2. The number of fused-ring (bicyclic) bond motifs is 1.